The summed E-state index contributed by atoms with van der Waals surface area (Å²) in [5.41, 5.74) is 6.23. The zero-order valence-electron chi connectivity index (χ0n) is 9.96. The fourth-order valence-electron chi connectivity index (χ4n) is 1.48. The smallest absolute Gasteiger partial charge is 0.212 e. The van der Waals surface area contributed by atoms with Gasteiger partial charge in [-0.15, -0.1) is 0 Å². The van der Waals surface area contributed by atoms with Crippen LogP contribution in [0, 0.1) is 0 Å². The molecule has 0 spiro atoms. The van der Waals surface area contributed by atoms with Crippen LogP contribution in [0.15, 0.2) is 24.5 Å². The lowest BCUT2D eigenvalue weighted by Crippen LogP contribution is -2.29. The van der Waals surface area contributed by atoms with Crippen molar-refractivity contribution in [1.82, 2.24) is 9.71 Å². The minimum Gasteiger partial charge on any atom is -0.330 e. The summed E-state index contributed by atoms with van der Waals surface area (Å²) in [4.78, 5) is 3.89. The molecule has 0 aliphatic carbocycles. The van der Waals surface area contributed by atoms with Gasteiger partial charge in [0.15, 0.2) is 0 Å². The summed E-state index contributed by atoms with van der Waals surface area (Å²) < 4.78 is 26.1. The van der Waals surface area contributed by atoms with E-state index < -0.39 is 10.0 Å². The number of unbranched alkanes of at least 4 members (excludes halogenated alkanes) is 1. The Hall–Kier alpha value is -0.980. The molecule has 3 N–H and O–H groups in total. The van der Waals surface area contributed by atoms with Gasteiger partial charge < -0.3 is 5.73 Å². The van der Waals surface area contributed by atoms with Gasteiger partial charge in [-0.3, -0.25) is 4.98 Å². The Bertz CT molecular complexity index is 420. The molecule has 0 aliphatic rings. The Morgan fingerprint density at radius 1 is 1.35 bits per heavy atom. The van der Waals surface area contributed by atoms with Crippen molar-refractivity contribution < 1.29 is 8.42 Å². The first-order valence-corrected chi connectivity index (χ1v) is 7.30. The summed E-state index contributed by atoms with van der Waals surface area (Å²) in [7, 11) is -3.23. The Morgan fingerprint density at radius 2 is 2.00 bits per heavy atom. The Kier molecular flexibility index (Phi) is 5.54. The highest BCUT2D eigenvalue weighted by atomic mass is 32.2. The van der Waals surface area contributed by atoms with E-state index in [4.69, 9.17) is 5.73 Å². The molecule has 0 radical (unpaired) electrons. The van der Waals surface area contributed by atoms with Crippen LogP contribution < -0.4 is 10.5 Å². The van der Waals surface area contributed by atoms with Crippen LogP contribution in [-0.4, -0.2) is 25.7 Å². The van der Waals surface area contributed by atoms with Gasteiger partial charge in [-0.25, -0.2) is 13.1 Å². The number of hydrogen-bond donors (Lipinski definition) is 2. The second kappa shape index (κ2) is 6.68. The van der Waals surface area contributed by atoms with Gasteiger partial charge in [0.25, 0.3) is 0 Å². The predicted molar refractivity (Wildman–Crippen MR) is 67.9 cm³/mol. The quantitative estimate of drug-likeness (QED) is 0.708. The van der Waals surface area contributed by atoms with Crippen LogP contribution in [0.4, 0.5) is 0 Å². The molecule has 0 bridgehead atoms. The summed E-state index contributed by atoms with van der Waals surface area (Å²) >= 11 is 0. The van der Waals surface area contributed by atoms with E-state index in [2.05, 4.69) is 9.71 Å². The predicted octanol–water partition coefficient (Wildman–Crippen LogP) is 0.801. The molecule has 1 atom stereocenters. The first-order chi connectivity index (χ1) is 8.05. The number of pyridine rings is 1. The molecule has 0 aromatic carbocycles. The number of rotatable bonds is 7. The Morgan fingerprint density at radius 3 is 2.59 bits per heavy atom. The second-order valence-corrected chi connectivity index (χ2v) is 5.81. The number of nitrogens with zero attached hydrogens (tertiary/aromatic N) is 1. The van der Waals surface area contributed by atoms with Gasteiger partial charge in [0.2, 0.25) is 10.0 Å². The average molecular weight is 257 g/mol. The van der Waals surface area contributed by atoms with Crippen molar-refractivity contribution in [2.45, 2.75) is 25.8 Å². The monoisotopic (exact) mass is 257 g/mol. The van der Waals surface area contributed by atoms with Crippen molar-refractivity contribution in [3.05, 3.63) is 30.1 Å². The molecule has 6 heteroatoms. The van der Waals surface area contributed by atoms with Gasteiger partial charge in [0.05, 0.1) is 5.75 Å². The molecule has 5 nitrogen and oxygen atoms in total. The third-order valence-electron chi connectivity index (χ3n) is 2.43. The van der Waals surface area contributed by atoms with Crippen LogP contribution in [0.2, 0.25) is 0 Å². The summed E-state index contributed by atoms with van der Waals surface area (Å²) in [6.45, 7) is 2.34. The minimum absolute atomic E-state index is 0.125. The van der Waals surface area contributed by atoms with E-state index in [1.54, 1.807) is 24.5 Å². The molecule has 0 saturated carbocycles. The van der Waals surface area contributed by atoms with Crippen LogP contribution in [-0.2, 0) is 10.0 Å². The maximum Gasteiger partial charge on any atom is 0.212 e. The van der Waals surface area contributed by atoms with E-state index in [1.807, 2.05) is 6.92 Å². The summed E-state index contributed by atoms with van der Waals surface area (Å²) in [6.07, 6.45) is 4.61. The van der Waals surface area contributed by atoms with Gasteiger partial charge >= 0.3 is 0 Å². The lowest BCUT2D eigenvalue weighted by molar-refractivity contribution is 0.563. The molecule has 1 aromatic heterocycles. The Labute approximate surface area is 102 Å². The largest absolute Gasteiger partial charge is 0.330 e. The van der Waals surface area contributed by atoms with Crippen LogP contribution in [0.25, 0.3) is 0 Å². The van der Waals surface area contributed by atoms with E-state index >= 15 is 0 Å². The standard InChI is InChI=1S/C11H19N3O2S/c1-10(11-4-7-13-8-5-11)14-17(15,16)9-3-2-6-12/h4-5,7-8,10,14H,2-3,6,9,12H2,1H3. The summed E-state index contributed by atoms with van der Waals surface area (Å²) in [5.74, 6) is 0.125. The number of aromatic nitrogens is 1. The maximum atomic E-state index is 11.7. The highest BCUT2D eigenvalue weighted by Crippen LogP contribution is 2.11. The molecule has 0 saturated heterocycles. The molecule has 96 valence electrons. The van der Waals surface area contributed by atoms with Crippen molar-refractivity contribution in [3.63, 3.8) is 0 Å². The van der Waals surface area contributed by atoms with E-state index in [0.717, 1.165) is 12.0 Å². The van der Waals surface area contributed by atoms with E-state index in [-0.39, 0.29) is 11.8 Å². The normalized spacial score (nSPS) is 13.5. The highest BCUT2D eigenvalue weighted by molar-refractivity contribution is 7.89. The summed E-state index contributed by atoms with van der Waals surface area (Å²) in [6, 6.07) is 3.36. The fourth-order valence-corrected chi connectivity index (χ4v) is 2.86. The molecular formula is C11H19N3O2S. The molecule has 1 unspecified atom stereocenters. The lowest BCUT2D eigenvalue weighted by atomic mass is 10.1. The van der Waals surface area contributed by atoms with Crippen molar-refractivity contribution in [3.8, 4) is 0 Å². The lowest BCUT2D eigenvalue weighted by Gasteiger charge is -2.14. The Balaban J connectivity index is 2.53. The van der Waals surface area contributed by atoms with E-state index in [9.17, 15) is 8.42 Å². The van der Waals surface area contributed by atoms with Gasteiger partial charge in [-0.05, 0) is 44.0 Å². The van der Waals surface area contributed by atoms with E-state index in [1.165, 1.54) is 0 Å². The molecule has 1 heterocycles. The van der Waals surface area contributed by atoms with Gasteiger partial charge in [-0.2, -0.15) is 0 Å². The van der Waals surface area contributed by atoms with Crippen molar-refractivity contribution in [2.75, 3.05) is 12.3 Å². The molecular weight excluding hydrogens is 238 g/mol. The molecule has 0 amide bonds. The van der Waals surface area contributed by atoms with Gasteiger partial charge in [0.1, 0.15) is 0 Å². The van der Waals surface area contributed by atoms with Crippen LogP contribution in [0.3, 0.4) is 0 Å². The van der Waals surface area contributed by atoms with Crippen molar-refractivity contribution in [2.24, 2.45) is 5.73 Å². The molecule has 0 fully saturated rings. The second-order valence-electron chi connectivity index (χ2n) is 3.93. The van der Waals surface area contributed by atoms with Gasteiger partial charge in [0, 0.05) is 18.4 Å². The van der Waals surface area contributed by atoms with Crippen LogP contribution in [0.5, 0.6) is 0 Å². The minimum atomic E-state index is -3.23. The van der Waals surface area contributed by atoms with E-state index in [0.29, 0.717) is 13.0 Å². The highest BCUT2D eigenvalue weighted by Gasteiger charge is 2.14. The zero-order chi connectivity index (χ0) is 12.7. The molecule has 0 aliphatic heterocycles. The van der Waals surface area contributed by atoms with Crippen molar-refractivity contribution >= 4 is 10.0 Å². The number of hydrogen-bond acceptors (Lipinski definition) is 4. The average Bonchev–Trinajstić information content (AvgIpc) is 2.30. The first kappa shape index (κ1) is 14.1. The van der Waals surface area contributed by atoms with Crippen LogP contribution in [0.1, 0.15) is 31.4 Å². The number of nitrogens with two attached hydrogens (primary N) is 1. The van der Waals surface area contributed by atoms with Crippen LogP contribution >= 0.6 is 0 Å². The summed E-state index contributed by atoms with van der Waals surface area (Å²) in [5, 5.41) is 0. The third-order valence-corrected chi connectivity index (χ3v) is 3.97. The zero-order valence-corrected chi connectivity index (χ0v) is 10.8. The number of nitrogens with one attached hydrogen (secondary N) is 1. The topological polar surface area (TPSA) is 85.1 Å². The first-order valence-electron chi connectivity index (χ1n) is 5.65. The van der Waals surface area contributed by atoms with Gasteiger partial charge in [-0.1, -0.05) is 0 Å². The molecule has 17 heavy (non-hydrogen) atoms. The molecule has 1 rings (SSSR count). The SMILES string of the molecule is CC(NS(=O)(=O)CCCCN)c1ccncc1. The fraction of sp³-hybridized carbons (Fsp3) is 0.545. The third kappa shape index (κ3) is 5.25. The molecule has 1 aromatic rings. The van der Waals surface area contributed by atoms with Crippen molar-refractivity contribution in [1.29, 1.82) is 0 Å². The number of sulfonamides is 1. The maximum absolute atomic E-state index is 11.7.